The lowest BCUT2D eigenvalue weighted by molar-refractivity contribution is 0.0123. The van der Waals surface area contributed by atoms with Crippen molar-refractivity contribution in [2.45, 2.75) is 83.7 Å². The van der Waals surface area contributed by atoms with Crippen LogP contribution in [-0.4, -0.2) is 97.3 Å². The lowest BCUT2D eigenvalue weighted by Crippen LogP contribution is -2.56. The summed E-state index contributed by atoms with van der Waals surface area (Å²) in [6.07, 6.45) is 3.67. The first-order valence-corrected chi connectivity index (χ1v) is 17.7. The molecule has 3 aliphatic rings. The number of hydrogen-bond acceptors (Lipinski definition) is 8. The van der Waals surface area contributed by atoms with E-state index in [-0.39, 0.29) is 18.2 Å². The topological polar surface area (TPSA) is 85.2 Å². The van der Waals surface area contributed by atoms with Gasteiger partial charge in [0.1, 0.15) is 17.8 Å². The third kappa shape index (κ3) is 5.94. The fourth-order valence-corrected chi connectivity index (χ4v) is 6.38. The number of hydrogen-bond donors (Lipinski definition) is 0. The predicted molar refractivity (Wildman–Crippen MR) is 152 cm³/mol. The number of nitrogens with zero attached hydrogens (tertiary/aromatic N) is 6. The molecule has 0 N–H and O–H groups in total. The van der Waals surface area contributed by atoms with E-state index in [4.69, 9.17) is 24.2 Å². The Hall–Kier alpha value is -2.37. The van der Waals surface area contributed by atoms with E-state index in [9.17, 15) is 4.79 Å². The largest absolute Gasteiger partial charge is 0.444 e. The molecular weight excluding hydrogens is 500 g/mol. The minimum Gasteiger partial charge on any atom is -0.444 e. The van der Waals surface area contributed by atoms with E-state index in [0.717, 1.165) is 74.5 Å². The number of piperazine rings is 1. The molecule has 0 aromatic carbocycles. The first-order chi connectivity index (χ1) is 18.0. The van der Waals surface area contributed by atoms with Gasteiger partial charge in [0, 0.05) is 47.1 Å². The van der Waals surface area contributed by atoms with Crippen molar-refractivity contribution in [1.82, 2.24) is 19.4 Å². The summed E-state index contributed by atoms with van der Waals surface area (Å²) >= 11 is 0. The van der Waals surface area contributed by atoms with Crippen LogP contribution in [0.1, 0.15) is 33.6 Å². The van der Waals surface area contributed by atoms with E-state index in [1.54, 1.807) is 0 Å². The van der Waals surface area contributed by atoms with E-state index in [1.165, 1.54) is 0 Å². The van der Waals surface area contributed by atoms with Crippen molar-refractivity contribution in [3.8, 4) is 0 Å². The van der Waals surface area contributed by atoms with Crippen molar-refractivity contribution in [3.05, 3.63) is 12.3 Å². The summed E-state index contributed by atoms with van der Waals surface area (Å²) in [6, 6.07) is 3.46. The Morgan fingerprint density at radius 3 is 2.42 bits per heavy atom. The Balaban J connectivity index is 1.41. The number of ether oxygens (including phenoxy) is 3. The van der Waals surface area contributed by atoms with Crippen LogP contribution in [0.3, 0.4) is 0 Å². The Bertz CT molecular complexity index is 1120. The monoisotopic (exact) mass is 544 g/mol. The van der Waals surface area contributed by atoms with Crippen LogP contribution in [0.25, 0.3) is 11.2 Å². The number of carbonyl (C=O) groups excluding carboxylic acids is 1. The minimum absolute atomic E-state index is 0.137. The maximum absolute atomic E-state index is 13.0. The molecular formula is C27H44N6O4Si. The normalized spacial score (nSPS) is 22.4. The Morgan fingerprint density at radius 2 is 1.79 bits per heavy atom. The lowest BCUT2D eigenvalue weighted by Gasteiger charge is -2.42. The first-order valence-electron chi connectivity index (χ1n) is 14.0. The molecule has 0 spiro atoms. The van der Waals surface area contributed by atoms with E-state index in [0.29, 0.717) is 19.9 Å². The molecule has 38 heavy (non-hydrogen) atoms. The lowest BCUT2D eigenvalue weighted by atomic mass is 10.1. The number of fused-ring (bicyclic) bond motifs is 3. The molecule has 5 heterocycles. The number of anilines is 2. The third-order valence-corrected chi connectivity index (χ3v) is 9.23. The maximum Gasteiger partial charge on any atom is 0.410 e. The van der Waals surface area contributed by atoms with Gasteiger partial charge in [0.15, 0.2) is 5.65 Å². The highest BCUT2D eigenvalue weighted by molar-refractivity contribution is 6.76. The van der Waals surface area contributed by atoms with Crippen LogP contribution in [0.2, 0.25) is 25.7 Å². The highest BCUT2D eigenvalue weighted by atomic mass is 28.3. The van der Waals surface area contributed by atoms with Gasteiger partial charge in [0.2, 0.25) is 5.95 Å². The predicted octanol–water partition coefficient (Wildman–Crippen LogP) is 4.17. The van der Waals surface area contributed by atoms with Gasteiger partial charge in [-0.15, -0.1) is 0 Å². The summed E-state index contributed by atoms with van der Waals surface area (Å²) in [7, 11) is -1.18. The van der Waals surface area contributed by atoms with Crippen molar-refractivity contribution < 1.29 is 19.0 Å². The molecule has 0 aliphatic carbocycles. The van der Waals surface area contributed by atoms with Crippen molar-refractivity contribution in [3.63, 3.8) is 0 Å². The van der Waals surface area contributed by atoms with Gasteiger partial charge < -0.3 is 24.0 Å². The van der Waals surface area contributed by atoms with Crippen molar-refractivity contribution in [2.24, 2.45) is 0 Å². The van der Waals surface area contributed by atoms with Gasteiger partial charge in [-0.25, -0.2) is 14.8 Å². The molecule has 2 aromatic rings. The second kappa shape index (κ2) is 10.7. The summed E-state index contributed by atoms with van der Waals surface area (Å²) in [5.41, 5.74) is 2.32. The van der Waals surface area contributed by atoms with Gasteiger partial charge in [0.25, 0.3) is 0 Å². The van der Waals surface area contributed by atoms with Crippen molar-refractivity contribution in [1.29, 1.82) is 0 Å². The SMILES string of the molecule is CC(C)(C)OC(=O)N1C2CCC1CN(c1ccnc3c1nc(N1CCOCC1)n3COCC[Si](C)(C)C)C2. The second-order valence-corrected chi connectivity index (χ2v) is 18.6. The molecule has 2 aromatic heterocycles. The highest BCUT2D eigenvalue weighted by Crippen LogP contribution is 2.37. The van der Waals surface area contributed by atoms with E-state index >= 15 is 0 Å². The first kappa shape index (κ1) is 27.2. The molecule has 0 saturated carbocycles. The minimum atomic E-state index is -1.18. The zero-order valence-electron chi connectivity index (χ0n) is 23.9. The van der Waals surface area contributed by atoms with E-state index in [2.05, 4.69) is 40.1 Å². The highest BCUT2D eigenvalue weighted by Gasteiger charge is 2.44. The standard InChI is InChI=1S/C27H44N6O4Si/c1-27(2,3)37-26(34)33-20-7-8-21(33)18-31(17-20)22-9-10-28-24-23(22)29-25(30-11-13-35-14-12-30)32(24)19-36-15-16-38(4,5)6/h9-10,20-21H,7-8,11-19H2,1-6H3. The van der Waals surface area contributed by atoms with Gasteiger partial charge in [-0.3, -0.25) is 9.47 Å². The zero-order valence-corrected chi connectivity index (χ0v) is 24.9. The summed E-state index contributed by atoms with van der Waals surface area (Å²) in [5, 5.41) is 0. The van der Waals surface area contributed by atoms with Crippen LogP contribution in [0, 0.1) is 0 Å². The van der Waals surface area contributed by atoms with Crippen molar-refractivity contribution >= 4 is 37.0 Å². The number of pyridine rings is 1. The number of morpholine rings is 1. The molecule has 210 valence electrons. The number of rotatable bonds is 7. The fraction of sp³-hybridized carbons (Fsp3) is 0.741. The molecule has 3 saturated heterocycles. The molecule has 3 fully saturated rings. The summed E-state index contributed by atoms with van der Waals surface area (Å²) < 4.78 is 19.7. The Labute approximate surface area is 227 Å². The number of amides is 1. The number of carbonyl (C=O) groups is 1. The van der Waals surface area contributed by atoms with E-state index < -0.39 is 13.7 Å². The Morgan fingerprint density at radius 1 is 1.11 bits per heavy atom. The van der Waals surface area contributed by atoms with Gasteiger partial charge in [0.05, 0.1) is 31.0 Å². The molecule has 3 aliphatic heterocycles. The Kier molecular flexibility index (Phi) is 7.63. The molecule has 2 unspecified atom stereocenters. The molecule has 5 rings (SSSR count). The van der Waals surface area contributed by atoms with Gasteiger partial charge >= 0.3 is 6.09 Å². The molecule has 2 bridgehead atoms. The van der Waals surface area contributed by atoms with Crippen LogP contribution >= 0.6 is 0 Å². The van der Waals surface area contributed by atoms with Crippen LogP contribution in [0.15, 0.2) is 12.3 Å². The smallest absolute Gasteiger partial charge is 0.410 e. The summed E-state index contributed by atoms with van der Waals surface area (Å²) in [4.78, 5) is 29.6. The summed E-state index contributed by atoms with van der Waals surface area (Å²) in [5.74, 6) is 0.895. The van der Waals surface area contributed by atoms with Crippen LogP contribution < -0.4 is 9.80 Å². The maximum atomic E-state index is 13.0. The van der Waals surface area contributed by atoms with E-state index in [1.807, 2.05) is 31.9 Å². The van der Waals surface area contributed by atoms with Crippen LogP contribution in [0.4, 0.5) is 16.4 Å². The molecule has 2 atom stereocenters. The van der Waals surface area contributed by atoms with Gasteiger partial charge in [-0.1, -0.05) is 19.6 Å². The number of aromatic nitrogens is 3. The second-order valence-electron chi connectivity index (χ2n) is 13.0. The van der Waals surface area contributed by atoms with Crippen LogP contribution in [-0.2, 0) is 20.9 Å². The van der Waals surface area contributed by atoms with Gasteiger partial charge in [-0.2, -0.15) is 0 Å². The van der Waals surface area contributed by atoms with Crippen LogP contribution in [0.5, 0.6) is 0 Å². The molecule has 11 heteroatoms. The average Bonchev–Trinajstić information content (AvgIpc) is 3.35. The zero-order chi connectivity index (χ0) is 27.1. The molecule has 10 nitrogen and oxygen atoms in total. The molecule has 0 radical (unpaired) electrons. The average molecular weight is 545 g/mol. The number of imidazole rings is 1. The van der Waals surface area contributed by atoms with Crippen molar-refractivity contribution in [2.75, 3.05) is 55.8 Å². The van der Waals surface area contributed by atoms with Gasteiger partial charge in [-0.05, 0) is 45.7 Å². The quantitative estimate of drug-likeness (QED) is 0.379. The summed E-state index contributed by atoms with van der Waals surface area (Å²) in [6.45, 7) is 18.6. The fourth-order valence-electron chi connectivity index (χ4n) is 5.62. The third-order valence-electron chi connectivity index (χ3n) is 7.53. The molecule has 1 amide bonds.